The van der Waals surface area contributed by atoms with Gasteiger partial charge in [-0.3, -0.25) is 9.59 Å². The summed E-state index contributed by atoms with van der Waals surface area (Å²) in [5, 5.41) is 6.78. The quantitative estimate of drug-likeness (QED) is 0.480. The Hall–Kier alpha value is -3.73. The highest BCUT2D eigenvalue weighted by molar-refractivity contribution is 6.04. The van der Waals surface area contributed by atoms with Gasteiger partial charge >= 0.3 is 0 Å². The molecule has 140 valence electrons. The summed E-state index contributed by atoms with van der Waals surface area (Å²) in [5.74, 6) is -0.488. The monoisotopic (exact) mass is 371 g/mol. The molecule has 0 bridgehead atoms. The topological polar surface area (TPSA) is 70.6 Å². The fourth-order valence-electron chi connectivity index (χ4n) is 2.61. The maximum atomic E-state index is 12.1. The molecule has 3 rings (SSSR count). The molecule has 5 heteroatoms. The zero-order valence-electron chi connectivity index (χ0n) is 15.3. The third kappa shape index (κ3) is 5.64. The van der Waals surface area contributed by atoms with Gasteiger partial charge in [-0.15, -0.1) is 0 Å². The van der Waals surface area contributed by atoms with E-state index in [1.807, 2.05) is 36.4 Å². The number of aryl methyl sites for hydroxylation is 1. The molecule has 0 heterocycles. The molecule has 0 spiro atoms. The van der Waals surface area contributed by atoms with E-state index in [9.17, 15) is 9.59 Å². The molecule has 0 atom stereocenters. The number of nitrogens with zero attached hydrogens (tertiary/aromatic N) is 1. The lowest BCUT2D eigenvalue weighted by Crippen LogP contribution is -2.17. The SMILES string of the molecule is O=C(N/N=C/CCc1ccccc1)c1ccc(NC(=O)c2ccccc2)cc1. The van der Waals surface area contributed by atoms with Crippen LogP contribution in [0.4, 0.5) is 5.69 Å². The Bertz CT molecular complexity index is 937. The van der Waals surface area contributed by atoms with Crippen LogP contribution in [0.25, 0.3) is 0 Å². The van der Waals surface area contributed by atoms with Crippen LogP contribution in [-0.4, -0.2) is 18.0 Å². The summed E-state index contributed by atoms with van der Waals surface area (Å²) in [6.45, 7) is 0. The number of hydrogen-bond donors (Lipinski definition) is 2. The van der Waals surface area contributed by atoms with E-state index in [4.69, 9.17) is 0 Å². The Labute approximate surface area is 164 Å². The van der Waals surface area contributed by atoms with E-state index in [1.165, 1.54) is 5.56 Å². The van der Waals surface area contributed by atoms with Crippen molar-refractivity contribution in [3.05, 3.63) is 102 Å². The van der Waals surface area contributed by atoms with Crippen molar-refractivity contribution in [1.29, 1.82) is 0 Å². The molecule has 3 aromatic rings. The molecule has 0 aliphatic heterocycles. The minimum atomic E-state index is -0.295. The second-order valence-electron chi connectivity index (χ2n) is 6.17. The number of carbonyl (C=O) groups excluding carboxylic acids is 2. The van der Waals surface area contributed by atoms with E-state index in [0.29, 0.717) is 16.8 Å². The van der Waals surface area contributed by atoms with Crippen molar-refractivity contribution in [2.45, 2.75) is 12.8 Å². The van der Waals surface area contributed by atoms with Gasteiger partial charge in [0.1, 0.15) is 0 Å². The molecule has 0 aliphatic rings. The van der Waals surface area contributed by atoms with Crippen molar-refractivity contribution in [2.24, 2.45) is 5.10 Å². The third-order valence-corrected chi connectivity index (χ3v) is 4.10. The largest absolute Gasteiger partial charge is 0.322 e. The smallest absolute Gasteiger partial charge is 0.271 e. The predicted molar refractivity (Wildman–Crippen MR) is 112 cm³/mol. The highest BCUT2D eigenvalue weighted by Gasteiger charge is 2.07. The van der Waals surface area contributed by atoms with Crippen molar-refractivity contribution in [3.8, 4) is 0 Å². The Balaban J connectivity index is 1.47. The lowest BCUT2D eigenvalue weighted by Gasteiger charge is -2.06. The zero-order chi connectivity index (χ0) is 19.6. The fraction of sp³-hybridized carbons (Fsp3) is 0.0870. The van der Waals surface area contributed by atoms with E-state index in [1.54, 1.807) is 42.6 Å². The Morgan fingerprint density at radius 2 is 1.36 bits per heavy atom. The van der Waals surface area contributed by atoms with E-state index in [-0.39, 0.29) is 11.8 Å². The highest BCUT2D eigenvalue weighted by Crippen LogP contribution is 2.11. The first kappa shape index (κ1) is 19.0. The number of amides is 2. The van der Waals surface area contributed by atoms with Gasteiger partial charge in [0.15, 0.2) is 0 Å². The molecule has 2 amide bonds. The van der Waals surface area contributed by atoms with E-state index in [2.05, 4.69) is 28.0 Å². The molecule has 0 unspecified atom stereocenters. The van der Waals surface area contributed by atoms with Gasteiger partial charge < -0.3 is 5.32 Å². The van der Waals surface area contributed by atoms with Crippen LogP contribution in [0.2, 0.25) is 0 Å². The van der Waals surface area contributed by atoms with Gasteiger partial charge in [-0.25, -0.2) is 5.43 Å². The number of carbonyl (C=O) groups is 2. The second-order valence-corrected chi connectivity index (χ2v) is 6.17. The fourth-order valence-corrected chi connectivity index (χ4v) is 2.61. The van der Waals surface area contributed by atoms with Crippen LogP contribution >= 0.6 is 0 Å². The Morgan fingerprint density at radius 1 is 0.750 bits per heavy atom. The van der Waals surface area contributed by atoms with Crippen LogP contribution in [0.1, 0.15) is 32.7 Å². The zero-order valence-corrected chi connectivity index (χ0v) is 15.3. The Morgan fingerprint density at radius 3 is 2.04 bits per heavy atom. The molecule has 28 heavy (non-hydrogen) atoms. The summed E-state index contributed by atoms with van der Waals surface area (Å²) >= 11 is 0. The second kappa shape index (κ2) is 9.83. The van der Waals surface area contributed by atoms with E-state index in [0.717, 1.165) is 12.8 Å². The van der Waals surface area contributed by atoms with Gasteiger partial charge in [0, 0.05) is 23.0 Å². The van der Waals surface area contributed by atoms with Crippen LogP contribution in [0.5, 0.6) is 0 Å². The molecule has 2 N–H and O–H groups in total. The van der Waals surface area contributed by atoms with Crippen LogP contribution < -0.4 is 10.7 Å². The Kier molecular flexibility index (Phi) is 6.68. The minimum absolute atomic E-state index is 0.194. The molecular formula is C23H21N3O2. The lowest BCUT2D eigenvalue weighted by atomic mass is 10.1. The first-order valence-corrected chi connectivity index (χ1v) is 9.04. The van der Waals surface area contributed by atoms with Crippen molar-refractivity contribution in [3.63, 3.8) is 0 Å². The summed E-state index contributed by atoms with van der Waals surface area (Å²) < 4.78 is 0. The minimum Gasteiger partial charge on any atom is -0.322 e. The maximum absolute atomic E-state index is 12.1. The summed E-state index contributed by atoms with van der Waals surface area (Å²) in [6.07, 6.45) is 3.31. The third-order valence-electron chi connectivity index (χ3n) is 4.10. The number of nitrogens with one attached hydrogen (secondary N) is 2. The number of hydrogen-bond acceptors (Lipinski definition) is 3. The van der Waals surface area contributed by atoms with Crippen LogP contribution in [0.15, 0.2) is 90.0 Å². The van der Waals surface area contributed by atoms with Gasteiger partial charge in [0.2, 0.25) is 0 Å². The number of hydrazone groups is 1. The molecule has 3 aromatic carbocycles. The first-order chi connectivity index (χ1) is 13.7. The normalized spacial score (nSPS) is 10.6. The summed E-state index contributed by atoms with van der Waals surface area (Å²) in [7, 11) is 0. The first-order valence-electron chi connectivity index (χ1n) is 9.04. The van der Waals surface area contributed by atoms with Crippen LogP contribution in [0, 0.1) is 0 Å². The maximum Gasteiger partial charge on any atom is 0.271 e. The van der Waals surface area contributed by atoms with Crippen LogP contribution in [-0.2, 0) is 6.42 Å². The molecule has 5 nitrogen and oxygen atoms in total. The van der Waals surface area contributed by atoms with Gasteiger partial charge in [-0.05, 0) is 54.8 Å². The average molecular weight is 371 g/mol. The lowest BCUT2D eigenvalue weighted by molar-refractivity contribution is 0.0954. The molecule has 0 aliphatic carbocycles. The summed E-state index contributed by atoms with van der Waals surface area (Å²) in [4.78, 5) is 24.2. The van der Waals surface area contributed by atoms with Crippen molar-refractivity contribution >= 4 is 23.7 Å². The van der Waals surface area contributed by atoms with Gasteiger partial charge in [0.05, 0.1) is 0 Å². The highest BCUT2D eigenvalue weighted by atomic mass is 16.2. The standard InChI is InChI=1S/C23H21N3O2/c27-22(19-11-5-2-6-12-19)25-21-15-13-20(14-16-21)23(28)26-24-17-7-10-18-8-3-1-4-9-18/h1-6,8-9,11-17H,7,10H2,(H,25,27)(H,26,28)/b24-17+. The van der Waals surface area contributed by atoms with Gasteiger partial charge in [-0.2, -0.15) is 5.10 Å². The van der Waals surface area contributed by atoms with Gasteiger partial charge in [-0.1, -0.05) is 48.5 Å². The molecular weight excluding hydrogens is 350 g/mol. The molecule has 0 aromatic heterocycles. The van der Waals surface area contributed by atoms with E-state index >= 15 is 0 Å². The molecule has 0 radical (unpaired) electrons. The van der Waals surface area contributed by atoms with Crippen molar-refractivity contribution in [1.82, 2.24) is 5.43 Å². The summed E-state index contributed by atoms with van der Waals surface area (Å²) in [6, 6.07) is 25.7. The van der Waals surface area contributed by atoms with E-state index < -0.39 is 0 Å². The van der Waals surface area contributed by atoms with Crippen molar-refractivity contribution < 1.29 is 9.59 Å². The molecule has 0 fully saturated rings. The average Bonchev–Trinajstić information content (AvgIpc) is 2.75. The summed E-state index contributed by atoms with van der Waals surface area (Å²) in [5.41, 5.74) is 5.41. The van der Waals surface area contributed by atoms with Crippen LogP contribution in [0.3, 0.4) is 0 Å². The number of rotatable bonds is 7. The van der Waals surface area contributed by atoms with Crippen molar-refractivity contribution in [2.75, 3.05) is 5.32 Å². The molecule has 0 saturated heterocycles. The number of anilines is 1. The molecule has 0 saturated carbocycles. The number of benzene rings is 3. The van der Waals surface area contributed by atoms with Gasteiger partial charge in [0.25, 0.3) is 11.8 Å². The predicted octanol–water partition coefficient (Wildman–Crippen LogP) is 4.29.